The summed E-state index contributed by atoms with van der Waals surface area (Å²) >= 11 is 0. The predicted octanol–water partition coefficient (Wildman–Crippen LogP) is 5.16. The van der Waals surface area contributed by atoms with Crippen molar-refractivity contribution in [3.8, 4) is 5.75 Å². The number of benzene rings is 2. The van der Waals surface area contributed by atoms with Gasteiger partial charge in [0.2, 0.25) is 0 Å². The van der Waals surface area contributed by atoms with E-state index in [0.29, 0.717) is 22.8 Å². The Morgan fingerprint density at radius 3 is 2.54 bits per heavy atom. The van der Waals surface area contributed by atoms with E-state index in [1.807, 2.05) is 31.2 Å². The number of halogens is 3. The monoisotopic (exact) mass is 332 g/mol. The Bertz CT molecular complexity index is 838. The highest BCUT2D eigenvalue weighted by atomic mass is 19.4. The van der Waals surface area contributed by atoms with E-state index in [-0.39, 0.29) is 0 Å². The fourth-order valence-corrected chi connectivity index (χ4v) is 2.50. The number of nitrogens with zero attached hydrogens (tertiary/aromatic N) is 1. The molecule has 1 heterocycles. The number of allylic oxidation sites excluding steroid dienone is 1. The quantitative estimate of drug-likeness (QED) is 0.824. The highest BCUT2D eigenvalue weighted by Crippen LogP contribution is 2.37. The summed E-state index contributed by atoms with van der Waals surface area (Å²) in [6, 6.07) is 10.9. The van der Waals surface area contributed by atoms with Crippen LogP contribution in [-0.4, -0.2) is 12.8 Å². The highest BCUT2D eigenvalue weighted by molar-refractivity contribution is 6.16. The molecule has 2 aromatic carbocycles. The molecule has 0 spiro atoms. The number of fused-ring (bicyclic) bond motifs is 1. The normalized spacial score (nSPS) is 14.0. The van der Waals surface area contributed by atoms with Gasteiger partial charge in [-0.25, -0.2) is 4.99 Å². The third-order valence-electron chi connectivity index (χ3n) is 3.74. The molecule has 6 heteroatoms. The molecule has 0 aromatic heterocycles. The number of nitrogens with one attached hydrogen (secondary N) is 1. The second-order valence-corrected chi connectivity index (χ2v) is 5.36. The average Bonchev–Trinajstić information content (AvgIpc) is 2.73. The highest BCUT2D eigenvalue weighted by Gasteiger charge is 2.31. The minimum atomic E-state index is -4.39. The Kier molecular flexibility index (Phi) is 4.05. The van der Waals surface area contributed by atoms with E-state index in [4.69, 9.17) is 4.74 Å². The summed E-state index contributed by atoms with van der Waals surface area (Å²) in [5.41, 5.74) is 2.27. The molecular formula is C18H15F3N2O. The first-order valence-corrected chi connectivity index (χ1v) is 7.27. The zero-order chi connectivity index (χ0) is 17.3. The number of anilines is 1. The summed E-state index contributed by atoms with van der Waals surface area (Å²) in [5.74, 6) is 0.652. The Balaban J connectivity index is 2.13. The lowest BCUT2D eigenvalue weighted by Crippen LogP contribution is -2.05. The van der Waals surface area contributed by atoms with Crippen molar-refractivity contribution in [2.24, 2.45) is 4.99 Å². The molecule has 0 saturated carbocycles. The zero-order valence-electron chi connectivity index (χ0n) is 13.1. The molecule has 1 N–H and O–H groups in total. The van der Waals surface area contributed by atoms with Crippen LogP contribution in [0, 0.1) is 0 Å². The number of alkyl halides is 3. The number of hydrogen-bond acceptors (Lipinski definition) is 3. The first-order valence-electron chi connectivity index (χ1n) is 7.27. The van der Waals surface area contributed by atoms with Crippen molar-refractivity contribution in [3.63, 3.8) is 0 Å². The molecule has 0 radical (unpaired) electrons. The summed E-state index contributed by atoms with van der Waals surface area (Å²) in [6.45, 7) is 1.84. The summed E-state index contributed by atoms with van der Waals surface area (Å²) < 4.78 is 44.0. The maximum absolute atomic E-state index is 12.9. The fourth-order valence-electron chi connectivity index (χ4n) is 2.50. The van der Waals surface area contributed by atoms with Crippen molar-refractivity contribution < 1.29 is 17.9 Å². The lowest BCUT2D eigenvalue weighted by atomic mass is 10.0. The Morgan fingerprint density at radius 1 is 1.08 bits per heavy atom. The van der Waals surface area contributed by atoms with E-state index in [0.717, 1.165) is 23.3 Å². The molecule has 1 aliphatic heterocycles. The zero-order valence-corrected chi connectivity index (χ0v) is 13.1. The van der Waals surface area contributed by atoms with Crippen LogP contribution in [0.25, 0.3) is 0 Å². The standard InChI is InChI=1S/C18H15F3N2O/c1-11-10-22-15-9-12(18(19,20)21)7-8-14(15)23-17(11)13-5-3-4-6-16(13)24-2/h3-10,22H,1-2H3. The fraction of sp³-hybridized carbons (Fsp3) is 0.167. The van der Waals surface area contributed by atoms with E-state index < -0.39 is 11.7 Å². The lowest BCUT2D eigenvalue weighted by molar-refractivity contribution is -0.137. The van der Waals surface area contributed by atoms with Gasteiger partial charge in [-0.2, -0.15) is 13.2 Å². The van der Waals surface area contributed by atoms with Gasteiger partial charge >= 0.3 is 6.18 Å². The van der Waals surface area contributed by atoms with Gasteiger partial charge in [0.25, 0.3) is 0 Å². The van der Waals surface area contributed by atoms with Gasteiger partial charge < -0.3 is 10.1 Å². The van der Waals surface area contributed by atoms with Crippen LogP contribution in [0.2, 0.25) is 0 Å². The maximum atomic E-state index is 12.9. The third-order valence-corrected chi connectivity index (χ3v) is 3.74. The van der Waals surface area contributed by atoms with E-state index in [9.17, 15) is 13.2 Å². The molecule has 0 unspecified atom stereocenters. The van der Waals surface area contributed by atoms with Crippen LogP contribution in [0.1, 0.15) is 18.1 Å². The first kappa shape index (κ1) is 16.1. The number of hydrogen-bond donors (Lipinski definition) is 1. The van der Waals surface area contributed by atoms with Crippen molar-refractivity contribution >= 4 is 17.1 Å². The Labute approximate surface area is 137 Å². The largest absolute Gasteiger partial charge is 0.496 e. The molecule has 0 fully saturated rings. The maximum Gasteiger partial charge on any atom is 0.416 e. The van der Waals surface area contributed by atoms with Gasteiger partial charge in [0, 0.05) is 11.8 Å². The predicted molar refractivity (Wildman–Crippen MR) is 88.0 cm³/mol. The van der Waals surface area contributed by atoms with Gasteiger partial charge in [-0.1, -0.05) is 12.1 Å². The van der Waals surface area contributed by atoms with Gasteiger partial charge in [0.05, 0.1) is 29.8 Å². The molecule has 124 valence electrons. The van der Waals surface area contributed by atoms with Crippen molar-refractivity contribution in [2.75, 3.05) is 12.4 Å². The van der Waals surface area contributed by atoms with Gasteiger partial charge in [-0.15, -0.1) is 0 Å². The molecule has 0 bridgehead atoms. The third kappa shape index (κ3) is 2.99. The molecule has 24 heavy (non-hydrogen) atoms. The van der Waals surface area contributed by atoms with E-state index in [1.165, 1.54) is 6.07 Å². The Morgan fingerprint density at radius 2 is 1.83 bits per heavy atom. The molecule has 2 aromatic rings. The second-order valence-electron chi connectivity index (χ2n) is 5.36. The van der Waals surface area contributed by atoms with Crippen LogP contribution in [-0.2, 0) is 6.18 Å². The number of aliphatic imine (C=N–C) groups is 1. The van der Waals surface area contributed by atoms with Gasteiger partial charge in [-0.05, 0) is 42.8 Å². The summed E-state index contributed by atoms with van der Waals surface area (Å²) in [6.07, 6.45) is -2.74. The van der Waals surface area contributed by atoms with E-state index in [1.54, 1.807) is 13.3 Å². The molecule has 0 amide bonds. The van der Waals surface area contributed by atoms with Gasteiger partial charge in [-0.3, -0.25) is 0 Å². The smallest absolute Gasteiger partial charge is 0.416 e. The molecule has 0 aliphatic carbocycles. The minimum Gasteiger partial charge on any atom is -0.496 e. The number of ether oxygens (including phenoxy) is 1. The Hall–Kier alpha value is -2.76. The van der Waals surface area contributed by atoms with Gasteiger partial charge in [0.1, 0.15) is 5.75 Å². The van der Waals surface area contributed by atoms with Crippen molar-refractivity contribution in [1.82, 2.24) is 0 Å². The number of para-hydroxylation sites is 1. The average molecular weight is 332 g/mol. The van der Waals surface area contributed by atoms with E-state index >= 15 is 0 Å². The van der Waals surface area contributed by atoms with Crippen LogP contribution in [0.5, 0.6) is 5.75 Å². The van der Waals surface area contributed by atoms with Crippen molar-refractivity contribution in [1.29, 1.82) is 0 Å². The minimum absolute atomic E-state index is 0.314. The molecule has 3 rings (SSSR count). The van der Waals surface area contributed by atoms with Crippen molar-refractivity contribution in [3.05, 3.63) is 65.4 Å². The van der Waals surface area contributed by atoms with Crippen LogP contribution in [0.3, 0.4) is 0 Å². The van der Waals surface area contributed by atoms with Crippen LogP contribution < -0.4 is 10.1 Å². The van der Waals surface area contributed by atoms with Crippen LogP contribution in [0.4, 0.5) is 24.5 Å². The number of methoxy groups -OCH3 is 1. The number of rotatable bonds is 2. The molecule has 0 saturated heterocycles. The van der Waals surface area contributed by atoms with Crippen LogP contribution >= 0.6 is 0 Å². The van der Waals surface area contributed by atoms with Gasteiger partial charge in [0.15, 0.2) is 0 Å². The summed E-state index contributed by atoms with van der Waals surface area (Å²) in [7, 11) is 1.57. The lowest BCUT2D eigenvalue weighted by Gasteiger charge is -2.11. The summed E-state index contributed by atoms with van der Waals surface area (Å²) in [4.78, 5) is 4.56. The van der Waals surface area contributed by atoms with Crippen LogP contribution in [0.15, 0.2) is 59.2 Å². The SMILES string of the molecule is COc1ccccc1C1=Nc2ccc(C(F)(F)F)cc2NC=C1C. The second kappa shape index (κ2) is 6.03. The molecule has 1 aliphatic rings. The van der Waals surface area contributed by atoms with E-state index in [2.05, 4.69) is 10.3 Å². The van der Waals surface area contributed by atoms with Crippen molar-refractivity contribution in [2.45, 2.75) is 13.1 Å². The topological polar surface area (TPSA) is 33.6 Å². The first-order chi connectivity index (χ1) is 11.4. The summed E-state index contributed by atoms with van der Waals surface area (Å²) in [5, 5.41) is 2.91. The molecule has 3 nitrogen and oxygen atoms in total. The molecular weight excluding hydrogens is 317 g/mol. The molecule has 0 atom stereocenters.